The van der Waals surface area contributed by atoms with E-state index in [1.165, 1.54) is 6.42 Å². The minimum atomic E-state index is -0.360. The van der Waals surface area contributed by atoms with E-state index in [-0.39, 0.29) is 12.1 Å². The molecule has 1 heterocycles. The molecule has 2 N–H and O–H groups in total. The van der Waals surface area contributed by atoms with Gasteiger partial charge in [-0.2, -0.15) is 0 Å². The van der Waals surface area contributed by atoms with E-state index in [4.69, 9.17) is 0 Å². The molecular weight excluding hydrogens is 248 g/mol. The van der Waals surface area contributed by atoms with E-state index in [0.29, 0.717) is 0 Å². The summed E-state index contributed by atoms with van der Waals surface area (Å²) >= 11 is 0. The summed E-state index contributed by atoms with van der Waals surface area (Å²) in [5.74, 6) is 1.54. The van der Waals surface area contributed by atoms with E-state index in [0.717, 1.165) is 37.0 Å². The van der Waals surface area contributed by atoms with E-state index in [9.17, 15) is 5.11 Å². The molecule has 112 valence electrons. The average Bonchev–Trinajstić information content (AvgIpc) is 2.49. The Labute approximate surface area is 123 Å². The molecule has 1 aliphatic rings. The van der Waals surface area contributed by atoms with Gasteiger partial charge in [-0.3, -0.25) is 0 Å². The van der Waals surface area contributed by atoms with Gasteiger partial charge in [-0.05, 0) is 37.4 Å². The van der Waals surface area contributed by atoms with Crippen LogP contribution in [0.1, 0.15) is 25.8 Å². The molecule has 0 aromatic heterocycles. The van der Waals surface area contributed by atoms with Crippen molar-refractivity contribution in [3.8, 4) is 0 Å². The van der Waals surface area contributed by atoms with Crippen LogP contribution in [0.25, 0.3) is 0 Å². The molecule has 0 spiro atoms. The standard InChI is InChI=1S/C17H28N2O/c1-14-9-10-19(11-15(14)2)12-17(13-20,18-3)16-7-5-4-6-8-16/h4-8,14-15,18,20H,9-13H2,1-3H3. The van der Waals surface area contributed by atoms with Crippen LogP contribution in [0.2, 0.25) is 0 Å². The minimum Gasteiger partial charge on any atom is -0.394 e. The zero-order chi connectivity index (χ0) is 14.6. The van der Waals surface area contributed by atoms with Crippen LogP contribution in [0.5, 0.6) is 0 Å². The first kappa shape index (κ1) is 15.5. The molecule has 20 heavy (non-hydrogen) atoms. The van der Waals surface area contributed by atoms with Crippen molar-refractivity contribution < 1.29 is 5.11 Å². The van der Waals surface area contributed by atoms with Crippen LogP contribution in [0.4, 0.5) is 0 Å². The monoisotopic (exact) mass is 276 g/mol. The van der Waals surface area contributed by atoms with Gasteiger partial charge in [0.15, 0.2) is 0 Å². The number of piperidine rings is 1. The van der Waals surface area contributed by atoms with Gasteiger partial charge in [-0.15, -0.1) is 0 Å². The normalized spacial score (nSPS) is 27.2. The first-order valence-electron chi connectivity index (χ1n) is 7.69. The third kappa shape index (κ3) is 3.22. The van der Waals surface area contributed by atoms with Gasteiger partial charge in [0.1, 0.15) is 0 Å². The molecule has 1 aromatic rings. The number of benzene rings is 1. The molecule has 0 saturated carbocycles. The fourth-order valence-corrected chi connectivity index (χ4v) is 3.17. The predicted octanol–water partition coefficient (Wildman–Crippen LogP) is 2.07. The van der Waals surface area contributed by atoms with Crippen LogP contribution in [0.15, 0.2) is 30.3 Å². The van der Waals surface area contributed by atoms with Crippen LogP contribution in [0, 0.1) is 11.8 Å². The lowest BCUT2D eigenvalue weighted by atomic mass is 9.85. The highest BCUT2D eigenvalue weighted by molar-refractivity contribution is 5.25. The van der Waals surface area contributed by atoms with E-state index in [1.807, 2.05) is 25.2 Å². The van der Waals surface area contributed by atoms with Gasteiger partial charge in [0, 0.05) is 13.1 Å². The Hall–Kier alpha value is -0.900. The van der Waals surface area contributed by atoms with Gasteiger partial charge >= 0.3 is 0 Å². The Morgan fingerprint density at radius 3 is 2.50 bits per heavy atom. The number of rotatable bonds is 5. The maximum Gasteiger partial charge on any atom is 0.0795 e. The average molecular weight is 276 g/mol. The second kappa shape index (κ2) is 6.70. The molecule has 0 radical (unpaired) electrons. The molecule has 1 aromatic carbocycles. The lowest BCUT2D eigenvalue weighted by Crippen LogP contribution is -2.54. The molecule has 0 amide bonds. The molecule has 0 bridgehead atoms. The minimum absolute atomic E-state index is 0.119. The van der Waals surface area contributed by atoms with Crippen molar-refractivity contribution in [2.24, 2.45) is 11.8 Å². The number of hydrogen-bond acceptors (Lipinski definition) is 3. The van der Waals surface area contributed by atoms with Crippen molar-refractivity contribution in [1.82, 2.24) is 10.2 Å². The predicted molar refractivity (Wildman–Crippen MR) is 83.7 cm³/mol. The van der Waals surface area contributed by atoms with Crippen LogP contribution in [0.3, 0.4) is 0 Å². The number of nitrogens with one attached hydrogen (secondary N) is 1. The lowest BCUT2D eigenvalue weighted by molar-refractivity contribution is 0.0713. The van der Waals surface area contributed by atoms with E-state index >= 15 is 0 Å². The first-order valence-corrected chi connectivity index (χ1v) is 7.69. The second-order valence-electron chi connectivity index (χ2n) is 6.33. The molecule has 1 aliphatic heterocycles. The van der Waals surface area contributed by atoms with Gasteiger partial charge in [-0.25, -0.2) is 0 Å². The lowest BCUT2D eigenvalue weighted by Gasteiger charge is -2.42. The van der Waals surface area contributed by atoms with E-state index < -0.39 is 0 Å². The van der Waals surface area contributed by atoms with Crippen molar-refractivity contribution >= 4 is 0 Å². The smallest absolute Gasteiger partial charge is 0.0795 e. The highest BCUT2D eigenvalue weighted by atomic mass is 16.3. The number of hydrogen-bond donors (Lipinski definition) is 2. The number of likely N-dealkylation sites (N-methyl/N-ethyl adjacent to an activating group) is 1. The summed E-state index contributed by atoms with van der Waals surface area (Å²) in [5.41, 5.74) is 0.804. The van der Waals surface area contributed by atoms with Crippen LogP contribution in [-0.4, -0.2) is 43.3 Å². The summed E-state index contributed by atoms with van der Waals surface area (Å²) in [6, 6.07) is 10.3. The Morgan fingerprint density at radius 1 is 1.25 bits per heavy atom. The van der Waals surface area contributed by atoms with Crippen LogP contribution >= 0.6 is 0 Å². The highest BCUT2D eigenvalue weighted by Gasteiger charge is 2.34. The zero-order valence-electron chi connectivity index (χ0n) is 13.0. The first-order chi connectivity index (χ1) is 9.61. The van der Waals surface area contributed by atoms with Crippen molar-refractivity contribution in [2.75, 3.05) is 33.3 Å². The van der Waals surface area contributed by atoms with E-state index in [2.05, 4.69) is 36.2 Å². The van der Waals surface area contributed by atoms with Crippen molar-refractivity contribution in [3.63, 3.8) is 0 Å². The molecule has 3 atom stereocenters. The maximum absolute atomic E-state index is 9.99. The SMILES string of the molecule is CNC(CO)(CN1CCC(C)C(C)C1)c1ccccc1. The summed E-state index contributed by atoms with van der Waals surface area (Å²) in [6.07, 6.45) is 1.25. The van der Waals surface area contributed by atoms with Gasteiger partial charge in [-0.1, -0.05) is 44.2 Å². The summed E-state index contributed by atoms with van der Waals surface area (Å²) < 4.78 is 0. The Balaban J connectivity index is 2.14. The number of aliphatic hydroxyl groups is 1. The van der Waals surface area contributed by atoms with Gasteiger partial charge in [0.2, 0.25) is 0 Å². The molecule has 2 rings (SSSR count). The fourth-order valence-electron chi connectivity index (χ4n) is 3.17. The third-order valence-electron chi connectivity index (χ3n) is 4.99. The maximum atomic E-state index is 9.99. The molecular formula is C17H28N2O. The molecule has 3 unspecified atom stereocenters. The summed E-state index contributed by atoms with van der Waals surface area (Å²) in [5, 5.41) is 13.4. The summed E-state index contributed by atoms with van der Waals surface area (Å²) in [6.45, 7) is 7.91. The largest absolute Gasteiger partial charge is 0.394 e. The fraction of sp³-hybridized carbons (Fsp3) is 0.647. The van der Waals surface area contributed by atoms with Gasteiger partial charge in [0.25, 0.3) is 0 Å². The summed E-state index contributed by atoms with van der Waals surface area (Å²) in [4.78, 5) is 2.49. The molecule has 3 nitrogen and oxygen atoms in total. The van der Waals surface area contributed by atoms with Crippen LogP contribution < -0.4 is 5.32 Å². The van der Waals surface area contributed by atoms with Crippen molar-refractivity contribution in [2.45, 2.75) is 25.8 Å². The number of nitrogens with zero attached hydrogens (tertiary/aromatic N) is 1. The molecule has 1 fully saturated rings. The zero-order valence-corrected chi connectivity index (χ0v) is 13.0. The Morgan fingerprint density at radius 2 is 1.95 bits per heavy atom. The van der Waals surface area contributed by atoms with Crippen molar-refractivity contribution in [3.05, 3.63) is 35.9 Å². The van der Waals surface area contributed by atoms with Crippen LogP contribution in [-0.2, 0) is 5.54 Å². The topological polar surface area (TPSA) is 35.5 Å². The summed E-state index contributed by atoms with van der Waals surface area (Å²) in [7, 11) is 1.94. The Kier molecular flexibility index (Phi) is 5.19. The van der Waals surface area contributed by atoms with Gasteiger partial charge < -0.3 is 15.3 Å². The second-order valence-corrected chi connectivity index (χ2v) is 6.33. The molecule has 3 heteroatoms. The number of aliphatic hydroxyl groups excluding tert-OH is 1. The Bertz CT molecular complexity index is 403. The molecule has 0 aliphatic carbocycles. The quantitative estimate of drug-likeness (QED) is 0.864. The molecule has 1 saturated heterocycles. The third-order valence-corrected chi connectivity index (χ3v) is 4.99. The van der Waals surface area contributed by atoms with E-state index in [1.54, 1.807) is 0 Å². The van der Waals surface area contributed by atoms with Crippen molar-refractivity contribution in [1.29, 1.82) is 0 Å². The highest BCUT2D eigenvalue weighted by Crippen LogP contribution is 2.27. The van der Waals surface area contributed by atoms with Gasteiger partial charge in [0.05, 0.1) is 12.1 Å². The number of likely N-dealkylation sites (tertiary alicyclic amines) is 1.